The Morgan fingerprint density at radius 2 is 1.66 bits per heavy atom. The molecule has 0 aromatic heterocycles. The van der Waals surface area contributed by atoms with E-state index in [-0.39, 0.29) is 12.0 Å². The molecule has 1 heterocycles. The normalized spacial score (nSPS) is 20.5. The number of carbonyl (C=O) groups is 1. The zero-order valence-corrected chi connectivity index (χ0v) is 16.9. The number of esters is 1. The Bertz CT molecular complexity index is 964. The average Bonchev–Trinajstić information content (AvgIpc) is 2.78. The number of hydrogen-bond donors (Lipinski definition) is 0. The Kier molecular flexibility index (Phi) is 5.18. The van der Waals surface area contributed by atoms with E-state index in [4.69, 9.17) is 14.2 Å². The van der Waals surface area contributed by atoms with E-state index in [1.54, 1.807) is 38.5 Å². The molecule has 1 fully saturated rings. The van der Waals surface area contributed by atoms with Crippen LogP contribution in [-0.4, -0.2) is 43.8 Å². The maximum absolute atomic E-state index is 13.5. The number of carbonyl (C=O) groups excluding carboxylic acids is 1. The highest BCUT2D eigenvalue weighted by atomic mass is 16.5. The molecular formula is C23H25NO5. The minimum Gasteiger partial charge on any atom is -0.623 e. The predicted octanol–water partition coefficient (Wildman–Crippen LogP) is 3.88. The average molecular weight is 395 g/mol. The van der Waals surface area contributed by atoms with Crippen LogP contribution in [0, 0.1) is 5.21 Å². The molecule has 0 N–H and O–H groups in total. The molecule has 152 valence electrons. The van der Waals surface area contributed by atoms with Crippen molar-refractivity contribution in [3.8, 4) is 11.5 Å². The molecule has 0 saturated heterocycles. The van der Waals surface area contributed by atoms with E-state index in [1.807, 2.05) is 12.1 Å². The van der Waals surface area contributed by atoms with E-state index in [0.29, 0.717) is 22.8 Å². The molecule has 4 rings (SSSR count). The highest BCUT2D eigenvalue weighted by molar-refractivity contribution is 6.12. The van der Waals surface area contributed by atoms with Crippen LogP contribution in [0.3, 0.4) is 0 Å². The van der Waals surface area contributed by atoms with E-state index < -0.39 is 5.97 Å². The van der Waals surface area contributed by atoms with Gasteiger partial charge in [-0.1, -0.05) is 6.42 Å². The van der Waals surface area contributed by atoms with E-state index in [2.05, 4.69) is 0 Å². The molecule has 6 heteroatoms. The Hall–Kier alpha value is -3.02. The number of fused-ring (bicyclic) bond motifs is 3. The number of hydrogen-bond acceptors (Lipinski definition) is 5. The van der Waals surface area contributed by atoms with Gasteiger partial charge >= 0.3 is 5.97 Å². The van der Waals surface area contributed by atoms with Crippen molar-refractivity contribution in [2.45, 2.75) is 37.6 Å². The molecule has 0 bridgehead atoms. The number of methoxy groups -OCH3 is 3. The largest absolute Gasteiger partial charge is 0.623 e. The quantitative estimate of drug-likeness (QED) is 0.446. The van der Waals surface area contributed by atoms with Crippen LogP contribution in [0.5, 0.6) is 11.5 Å². The van der Waals surface area contributed by atoms with Crippen LogP contribution in [0.4, 0.5) is 0 Å². The molecular weight excluding hydrogens is 370 g/mol. The van der Waals surface area contributed by atoms with Crippen molar-refractivity contribution in [2.75, 3.05) is 21.3 Å². The third kappa shape index (κ3) is 3.22. The Morgan fingerprint density at radius 1 is 1.00 bits per heavy atom. The summed E-state index contributed by atoms with van der Waals surface area (Å²) >= 11 is 0. The van der Waals surface area contributed by atoms with E-state index in [9.17, 15) is 10.0 Å². The number of rotatable bonds is 4. The topological polar surface area (TPSA) is 70.8 Å². The second kappa shape index (κ2) is 7.78. The van der Waals surface area contributed by atoms with E-state index in [0.717, 1.165) is 42.4 Å². The molecule has 1 saturated carbocycles. The number of nitrogens with zero attached hydrogens (tertiary/aromatic N) is 1. The van der Waals surface area contributed by atoms with Crippen LogP contribution in [0.25, 0.3) is 0 Å². The first-order chi connectivity index (χ1) is 14.1. The van der Waals surface area contributed by atoms with Crippen LogP contribution in [0.15, 0.2) is 36.4 Å². The Labute approximate surface area is 170 Å². The maximum Gasteiger partial charge on any atom is 0.337 e. The zero-order chi connectivity index (χ0) is 20.5. The van der Waals surface area contributed by atoms with Gasteiger partial charge in [0.05, 0.1) is 32.5 Å². The van der Waals surface area contributed by atoms with Crippen LogP contribution >= 0.6 is 0 Å². The summed E-state index contributed by atoms with van der Waals surface area (Å²) in [6.45, 7) is 0. The summed E-state index contributed by atoms with van der Waals surface area (Å²) in [6.07, 6.45) is 4.02. The molecule has 1 aliphatic carbocycles. The van der Waals surface area contributed by atoms with Gasteiger partial charge in [0.1, 0.15) is 0 Å². The Morgan fingerprint density at radius 3 is 2.31 bits per heavy atom. The first-order valence-electron chi connectivity index (χ1n) is 9.87. The summed E-state index contributed by atoms with van der Waals surface area (Å²) < 4.78 is 17.0. The number of ether oxygens (including phenoxy) is 3. The summed E-state index contributed by atoms with van der Waals surface area (Å²) in [5, 5.41) is 13.5. The second-order valence-corrected chi connectivity index (χ2v) is 7.50. The molecule has 2 atom stereocenters. The minimum absolute atomic E-state index is 0.0929. The van der Waals surface area contributed by atoms with Crippen molar-refractivity contribution >= 4 is 11.7 Å². The van der Waals surface area contributed by atoms with Crippen molar-refractivity contribution in [3.05, 3.63) is 63.9 Å². The number of benzene rings is 2. The molecule has 2 aliphatic rings. The van der Waals surface area contributed by atoms with Gasteiger partial charge in [-0.3, -0.25) is 0 Å². The molecule has 0 amide bonds. The van der Waals surface area contributed by atoms with Gasteiger partial charge in [0.2, 0.25) is 5.71 Å². The summed E-state index contributed by atoms with van der Waals surface area (Å²) in [4.78, 5) is 11.8. The first kappa shape index (κ1) is 19.3. The number of hydroxylamine groups is 1. The van der Waals surface area contributed by atoms with Gasteiger partial charge in [0, 0.05) is 17.9 Å². The van der Waals surface area contributed by atoms with Gasteiger partial charge in [0.25, 0.3) is 0 Å². The van der Waals surface area contributed by atoms with Gasteiger partial charge in [-0.05, 0) is 54.8 Å². The molecule has 0 unspecified atom stereocenters. The van der Waals surface area contributed by atoms with E-state index >= 15 is 0 Å². The lowest BCUT2D eigenvalue weighted by atomic mass is 9.74. The summed E-state index contributed by atoms with van der Waals surface area (Å²) in [5.74, 6) is 1.05. The van der Waals surface area contributed by atoms with Crippen molar-refractivity contribution in [3.63, 3.8) is 0 Å². The van der Waals surface area contributed by atoms with Gasteiger partial charge < -0.3 is 19.4 Å². The van der Waals surface area contributed by atoms with Crippen LogP contribution in [-0.2, 0) is 4.74 Å². The van der Waals surface area contributed by atoms with Crippen molar-refractivity contribution in [1.29, 1.82) is 0 Å². The van der Waals surface area contributed by atoms with Crippen molar-refractivity contribution in [1.82, 2.24) is 0 Å². The van der Waals surface area contributed by atoms with Gasteiger partial charge in [-0.15, -0.1) is 0 Å². The molecule has 0 radical (unpaired) electrons. The molecule has 29 heavy (non-hydrogen) atoms. The smallest absolute Gasteiger partial charge is 0.337 e. The first-order valence-corrected chi connectivity index (χ1v) is 9.87. The van der Waals surface area contributed by atoms with E-state index in [1.165, 1.54) is 11.8 Å². The standard InChI is InChI=1S/C23H25NO5/c1-27-20-12-17-16-6-4-5-7-19(16)24(26)22(18(17)13-21(20)28-2)14-8-10-15(11-9-14)23(25)29-3/h8-13,16,19H,4-7H2,1-3H3/t16-,19-/m0/s1. The van der Waals surface area contributed by atoms with Gasteiger partial charge in [-0.25, -0.2) is 9.53 Å². The monoisotopic (exact) mass is 395 g/mol. The van der Waals surface area contributed by atoms with Gasteiger partial charge in [-0.2, -0.15) is 0 Å². The minimum atomic E-state index is -0.400. The molecule has 2 aromatic rings. The molecule has 2 aromatic carbocycles. The zero-order valence-electron chi connectivity index (χ0n) is 16.9. The summed E-state index contributed by atoms with van der Waals surface area (Å²) in [7, 11) is 4.57. The fourth-order valence-corrected chi connectivity index (χ4v) is 4.61. The van der Waals surface area contributed by atoms with Crippen molar-refractivity contribution in [2.24, 2.45) is 0 Å². The van der Waals surface area contributed by atoms with Crippen molar-refractivity contribution < 1.29 is 23.7 Å². The lowest BCUT2D eigenvalue weighted by Gasteiger charge is -2.36. The SMILES string of the molecule is COC(=O)c1ccc(C2=[N+]([O-])[C@H]3CCCC[C@H]3c3cc(OC)c(OC)cc32)cc1. The maximum atomic E-state index is 13.5. The summed E-state index contributed by atoms with van der Waals surface area (Å²) in [5.41, 5.74) is 3.83. The second-order valence-electron chi connectivity index (χ2n) is 7.50. The molecule has 6 nitrogen and oxygen atoms in total. The Balaban J connectivity index is 1.89. The van der Waals surface area contributed by atoms with Crippen LogP contribution in [0.2, 0.25) is 0 Å². The molecule has 1 aliphatic heterocycles. The predicted molar refractivity (Wildman–Crippen MR) is 109 cm³/mol. The lowest BCUT2D eigenvalue weighted by Crippen LogP contribution is -2.41. The fourth-order valence-electron chi connectivity index (χ4n) is 4.61. The van der Waals surface area contributed by atoms with Crippen LogP contribution in [0.1, 0.15) is 58.6 Å². The third-order valence-electron chi connectivity index (χ3n) is 6.04. The highest BCUT2D eigenvalue weighted by Crippen LogP contribution is 2.44. The highest BCUT2D eigenvalue weighted by Gasteiger charge is 2.42. The fraction of sp³-hybridized carbons (Fsp3) is 0.391. The lowest BCUT2D eigenvalue weighted by molar-refractivity contribution is -0.510. The summed E-state index contributed by atoms with van der Waals surface area (Å²) in [6, 6.07) is 10.8. The molecule has 0 spiro atoms. The third-order valence-corrected chi connectivity index (χ3v) is 6.04. The van der Waals surface area contributed by atoms with Gasteiger partial charge in [0.15, 0.2) is 17.5 Å². The van der Waals surface area contributed by atoms with Crippen LogP contribution < -0.4 is 9.47 Å².